The minimum Gasteiger partial charge on any atom is -0.465 e. The molecule has 0 saturated heterocycles. The van der Waals surface area contributed by atoms with Crippen LogP contribution < -0.4 is 5.32 Å². The Balaban J connectivity index is 1.75. The summed E-state index contributed by atoms with van der Waals surface area (Å²) in [6.45, 7) is 2.86. The summed E-state index contributed by atoms with van der Waals surface area (Å²) in [6.07, 6.45) is 2.61. The molecule has 0 atom stereocenters. The normalized spacial score (nSPS) is 26.1. The van der Waals surface area contributed by atoms with E-state index in [-0.39, 0.29) is 6.10 Å². The lowest BCUT2D eigenvalue weighted by Crippen LogP contribution is -2.43. The molecule has 1 aliphatic rings. The van der Waals surface area contributed by atoms with E-state index in [1.165, 1.54) is 0 Å². The second kappa shape index (κ2) is 4.15. The summed E-state index contributed by atoms with van der Waals surface area (Å²) >= 11 is 0. The van der Waals surface area contributed by atoms with Crippen molar-refractivity contribution in [1.82, 2.24) is 5.32 Å². The van der Waals surface area contributed by atoms with Crippen molar-refractivity contribution in [3.8, 4) is 0 Å². The van der Waals surface area contributed by atoms with Gasteiger partial charge in [-0.05, 0) is 25.0 Å². The molecule has 1 fully saturated rings. The molecule has 0 spiro atoms. The maximum Gasteiger partial charge on any atom is 0.117 e. The number of aliphatic hydroxyl groups is 1. The van der Waals surface area contributed by atoms with Gasteiger partial charge in [0.05, 0.1) is 12.6 Å². The van der Waals surface area contributed by atoms with Crippen LogP contribution in [0.25, 0.3) is 0 Å². The first-order valence-corrected chi connectivity index (χ1v) is 5.27. The first kappa shape index (κ1) is 9.74. The smallest absolute Gasteiger partial charge is 0.117 e. The van der Waals surface area contributed by atoms with Gasteiger partial charge in [0.1, 0.15) is 11.5 Å². The van der Waals surface area contributed by atoms with E-state index in [4.69, 9.17) is 9.52 Å². The quantitative estimate of drug-likeness (QED) is 0.764. The summed E-state index contributed by atoms with van der Waals surface area (Å²) < 4.78 is 5.55. The Bertz CT molecular complexity index is 289. The van der Waals surface area contributed by atoms with Gasteiger partial charge in [-0.1, -0.05) is 6.92 Å². The highest BCUT2D eigenvalue weighted by molar-refractivity contribution is 5.07. The molecule has 1 aromatic heterocycles. The molecule has 1 aliphatic carbocycles. The van der Waals surface area contributed by atoms with E-state index in [0.717, 1.165) is 37.3 Å². The molecule has 1 saturated carbocycles. The minimum atomic E-state index is -0.0877. The number of aliphatic hydroxyl groups excluding tert-OH is 1. The molecule has 0 aromatic carbocycles. The molecule has 1 heterocycles. The summed E-state index contributed by atoms with van der Waals surface area (Å²) in [5, 5.41) is 12.4. The average Bonchev–Trinajstić information content (AvgIpc) is 2.58. The van der Waals surface area contributed by atoms with Crippen LogP contribution in [0.4, 0.5) is 0 Å². The largest absolute Gasteiger partial charge is 0.465 e. The van der Waals surface area contributed by atoms with Crippen LogP contribution in [0.15, 0.2) is 16.5 Å². The predicted molar refractivity (Wildman–Crippen MR) is 54.0 cm³/mol. The molecule has 2 N–H and O–H groups in total. The van der Waals surface area contributed by atoms with Crippen molar-refractivity contribution in [2.45, 2.75) is 44.9 Å². The lowest BCUT2D eigenvalue weighted by Gasteiger charge is -2.31. The molecule has 0 amide bonds. The van der Waals surface area contributed by atoms with Gasteiger partial charge in [0, 0.05) is 12.5 Å². The number of hydrogen-bond acceptors (Lipinski definition) is 3. The zero-order chi connectivity index (χ0) is 9.97. The van der Waals surface area contributed by atoms with Crippen LogP contribution >= 0.6 is 0 Å². The molecule has 0 radical (unpaired) electrons. The molecule has 0 bridgehead atoms. The van der Waals surface area contributed by atoms with Crippen LogP contribution in [0.1, 0.15) is 31.3 Å². The van der Waals surface area contributed by atoms with Crippen molar-refractivity contribution in [3.05, 3.63) is 23.7 Å². The maximum atomic E-state index is 9.09. The fourth-order valence-electron chi connectivity index (χ4n) is 1.71. The van der Waals surface area contributed by atoms with E-state index in [1.807, 2.05) is 12.1 Å². The van der Waals surface area contributed by atoms with E-state index in [9.17, 15) is 0 Å². The third-order valence-corrected chi connectivity index (χ3v) is 2.74. The second-order valence-corrected chi connectivity index (χ2v) is 3.92. The van der Waals surface area contributed by atoms with Crippen molar-refractivity contribution in [2.24, 2.45) is 0 Å². The fourth-order valence-corrected chi connectivity index (χ4v) is 1.71. The highest BCUT2D eigenvalue weighted by Gasteiger charge is 2.26. The number of rotatable bonds is 4. The van der Waals surface area contributed by atoms with Gasteiger partial charge < -0.3 is 14.8 Å². The van der Waals surface area contributed by atoms with Gasteiger partial charge in [-0.15, -0.1) is 0 Å². The SMILES string of the molecule is CCc1ccc(CNC2CC(O)C2)o1. The van der Waals surface area contributed by atoms with Gasteiger partial charge in [0.25, 0.3) is 0 Å². The Morgan fingerprint density at radius 3 is 2.71 bits per heavy atom. The average molecular weight is 195 g/mol. The third kappa shape index (κ3) is 2.16. The van der Waals surface area contributed by atoms with Gasteiger partial charge in [-0.25, -0.2) is 0 Å². The Kier molecular flexibility index (Phi) is 2.89. The minimum absolute atomic E-state index is 0.0877. The first-order valence-electron chi connectivity index (χ1n) is 5.27. The molecule has 3 heteroatoms. The molecule has 3 nitrogen and oxygen atoms in total. The van der Waals surface area contributed by atoms with Gasteiger partial charge in [-0.2, -0.15) is 0 Å². The van der Waals surface area contributed by atoms with Gasteiger partial charge >= 0.3 is 0 Å². The topological polar surface area (TPSA) is 45.4 Å². The monoisotopic (exact) mass is 195 g/mol. The van der Waals surface area contributed by atoms with E-state index in [0.29, 0.717) is 6.04 Å². The molecule has 0 unspecified atom stereocenters. The van der Waals surface area contributed by atoms with E-state index in [1.54, 1.807) is 0 Å². The maximum absolute atomic E-state index is 9.09. The van der Waals surface area contributed by atoms with Crippen LogP contribution in [0.3, 0.4) is 0 Å². The standard InChI is InChI=1S/C11H17NO2/c1-2-10-3-4-11(14-10)7-12-8-5-9(13)6-8/h3-4,8-9,12-13H,2,5-7H2,1H3. The summed E-state index contributed by atoms with van der Waals surface area (Å²) in [6, 6.07) is 4.51. The lowest BCUT2D eigenvalue weighted by atomic mass is 9.89. The first-order chi connectivity index (χ1) is 6.78. The highest BCUT2D eigenvalue weighted by Crippen LogP contribution is 2.20. The van der Waals surface area contributed by atoms with E-state index < -0.39 is 0 Å². The van der Waals surface area contributed by atoms with E-state index >= 15 is 0 Å². The number of aryl methyl sites for hydroxylation is 1. The Morgan fingerprint density at radius 1 is 1.43 bits per heavy atom. The second-order valence-electron chi connectivity index (χ2n) is 3.92. The number of hydrogen-bond donors (Lipinski definition) is 2. The molecule has 0 aliphatic heterocycles. The summed E-state index contributed by atoms with van der Waals surface area (Å²) in [7, 11) is 0. The lowest BCUT2D eigenvalue weighted by molar-refractivity contribution is 0.0611. The van der Waals surface area contributed by atoms with Crippen molar-refractivity contribution >= 4 is 0 Å². The predicted octanol–water partition coefficient (Wildman–Crippen LogP) is 1.45. The molecular weight excluding hydrogens is 178 g/mol. The highest BCUT2D eigenvalue weighted by atomic mass is 16.3. The van der Waals surface area contributed by atoms with Crippen molar-refractivity contribution in [1.29, 1.82) is 0 Å². The molecule has 1 aromatic rings. The Labute approximate surface area is 84.1 Å². The Hall–Kier alpha value is -0.800. The summed E-state index contributed by atoms with van der Waals surface area (Å²) in [4.78, 5) is 0. The van der Waals surface area contributed by atoms with Crippen LogP contribution in [0, 0.1) is 0 Å². The van der Waals surface area contributed by atoms with Crippen molar-refractivity contribution in [2.75, 3.05) is 0 Å². The molecule has 78 valence electrons. The van der Waals surface area contributed by atoms with Crippen LogP contribution in [0.5, 0.6) is 0 Å². The molecular formula is C11H17NO2. The van der Waals surface area contributed by atoms with Crippen molar-refractivity contribution in [3.63, 3.8) is 0 Å². The van der Waals surface area contributed by atoms with Gasteiger partial charge in [0.15, 0.2) is 0 Å². The van der Waals surface area contributed by atoms with E-state index in [2.05, 4.69) is 12.2 Å². The van der Waals surface area contributed by atoms with Gasteiger partial charge in [-0.3, -0.25) is 0 Å². The summed E-state index contributed by atoms with van der Waals surface area (Å²) in [5.41, 5.74) is 0. The van der Waals surface area contributed by atoms with Gasteiger partial charge in [0.2, 0.25) is 0 Å². The molecule has 2 rings (SSSR count). The summed E-state index contributed by atoms with van der Waals surface area (Å²) in [5.74, 6) is 2.03. The van der Waals surface area contributed by atoms with Crippen LogP contribution in [-0.4, -0.2) is 17.3 Å². The number of nitrogens with one attached hydrogen (secondary N) is 1. The van der Waals surface area contributed by atoms with Crippen LogP contribution in [-0.2, 0) is 13.0 Å². The van der Waals surface area contributed by atoms with Crippen molar-refractivity contribution < 1.29 is 9.52 Å². The third-order valence-electron chi connectivity index (χ3n) is 2.74. The fraction of sp³-hybridized carbons (Fsp3) is 0.636. The Morgan fingerprint density at radius 2 is 2.14 bits per heavy atom. The zero-order valence-corrected chi connectivity index (χ0v) is 8.49. The van der Waals surface area contributed by atoms with Crippen LogP contribution in [0.2, 0.25) is 0 Å². The zero-order valence-electron chi connectivity index (χ0n) is 8.49. The molecule has 14 heavy (non-hydrogen) atoms. The number of furan rings is 1.